The molecule has 0 saturated carbocycles. The summed E-state index contributed by atoms with van der Waals surface area (Å²) in [7, 11) is 4.09. The van der Waals surface area contributed by atoms with Crippen molar-refractivity contribution in [3.8, 4) is 0 Å². The molecule has 0 fully saturated rings. The molecule has 0 aliphatic carbocycles. The molecule has 0 bridgehead atoms. The van der Waals surface area contributed by atoms with Crippen LogP contribution in [0.2, 0.25) is 0 Å². The van der Waals surface area contributed by atoms with Crippen LogP contribution in [0, 0.1) is 0 Å². The van der Waals surface area contributed by atoms with E-state index in [0.29, 0.717) is 12.0 Å². The summed E-state index contributed by atoms with van der Waals surface area (Å²) in [4.78, 5) is 6.10. The minimum Gasteiger partial charge on any atom is -0.369 e. The molecule has 1 heterocycles. The molecule has 1 atom stereocenters. The van der Waals surface area contributed by atoms with Crippen LogP contribution < -0.4 is 5.73 Å². The Morgan fingerprint density at radius 1 is 1.67 bits per heavy atom. The van der Waals surface area contributed by atoms with Gasteiger partial charge in [0.15, 0.2) is 5.95 Å². The van der Waals surface area contributed by atoms with Gasteiger partial charge in [-0.25, -0.2) is 4.98 Å². The zero-order valence-corrected chi connectivity index (χ0v) is 7.86. The van der Waals surface area contributed by atoms with Gasteiger partial charge in [0.25, 0.3) is 0 Å². The molecule has 0 radical (unpaired) electrons. The average Bonchev–Trinajstić information content (AvgIpc) is 2.33. The van der Waals surface area contributed by atoms with E-state index >= 15 is 0 Å². The second kappa shape index (κ2) is 3.58. The number of imidazole rings is 1. The van der Waals surface area contributed by atoms with E-state index in [0.717, 1.165) is 6.54 Å². The Kier molecular flexibility index (Phi) is 2.70. The molecule has 2 N–H and O–H groups in total. The molecular formula is C8H16N4. The Hall–Kier alpha value is -1.03. The molecule has 0 aliphatic rings. The van der Waals surface area contributed by atoms with E-state index in [1.807, 2.05) is 24.9 Å². The standard InChI is InChI=1S/C8H16N4/c1-7(6-11(2)3)12-5-4-10-8(12)9/h4-5,7H,6H2,1-3H3,(H2,9,10). The molecule has 0 aromatic carbocycles. The molecule has 1 rings (SSSR count). The number of nitrogens with two attached hydrogens (primary N) is 1. The predicted molar refractivity (Wildman–Crippen MR) is 49.9 cm³/mol. The summed E-state index contributed by atoms with van der Waals surface area (Å²) in [5.41, 5.74) is 5.65. The van der Waals surface area contributed by atoms with Crippen molar-refractivity contribution < 1.29 is 0 Å². The second-order valence-corrected chi connectivity index (χ2v) is 3.30. The van der Waals surface area contributed by atoms with E-state index in [-0.39, 0.29) is 0 Å². The molecular weight excluding hydrogens is 152 g/mol. The number of rotatable bonds is 3. The Morgan fingerprint density at radius 2 is 2.33 bits per heavy atom. The van der Waals surface area contributed by atoms with Gasteiger partial charge >= 0.3 is 0 Å². The van der Waals surface area contributed by atoms with Crippen LogP contribution >= 0.6 is 0 Å². The van der Waals surface area contributed by atoms with E-state index in [1.165, 1.54) is 0 Å². The molecule has 0 saturated heterocycles. The van der Waals surface area contributed by atoms with Gasteiger partial charge in [-0.15, -0.1) is 0 Å². The van der Waals surface area contributed by atoms with Crippen molar-refractivity contribution in [3.63, 3.8) is 0 Å². The molecule has 0 spiro atoms. The average molecular weight is 168 g/mol. The fraction of sp³-hybridized carbons (Fsp3) is 0.625. The number of anilines is 1. The molecule has 4 nitrogen and oxygen atoms in total. The van der Waals surface area contributed by atoms with Gasteiger partial charge < -0.3 is 15.2 Å². The number of hydrogen-bond donors (Lipinski definition) is 1. The minimum absolute atomic E-state index is 0.377. The van der Waals surface area contributed by atoms with Crippen LogP contribution in [-0.4, -0.2) is 35.1 Å². The monoisotopic (exact) mass is 168 g/mol. The summed E-state index contributed by atoms with van der Waals surface area (Å²) < 4.78 is 1.97. The highest BCUT2D eigenvalue weighted by atomic mass is 15.2. The number of nitrogen functional groups attached to an aromatic ring is 1. The van der Waals surface area contributed by atoms with Crippen LogP contribution in [0.5, 0.6) is 0 Å². The molecule has 4 heteroatoms. The second-order valence-electron chi connectivity index (χ2n) is 3.30. The summed E-state index contributed by atoms with van der Waals surface area (Å²) >= 11 is 0. The summed E-state index contributed by atoms with van der Waals surface area (Å²) in [6, 6.07) is 0.377. The third kappa shape index (κ3) is 1.98. The van der Waals surface area contributed by atoms with Gasteiger partial charge in [-0.05, 0) is 21.0 Å². The fourth-order valence-electron chi connectivity index (χ4n) is 1.31. The summed E-state index contributed by atoms with van der Waals surface area (Å²) in [6.07, 6.45) is 3.63. The third-order valence-corrected chi connectivity index (χ3v) is 1.80. The van der Waals surface area contributed by atoms with Gasteiger partial charge in [0.2, 0.25) is 0 Å². The summed E-state index contributed by atoms with van der Waals surface area (Å²) in [5, 5.41) is 0. The summed E-state index contributed by atoms with van der Waals surface area (Å²) in [6.45, 7) is 3.10. The lowest BCUT2D eigenvalue weighted by molar-refractivity contribution is 0.339. The zero-order valence-electron chi connectivity index (χ0n) is 7.86. The van der Waals surface area contributed by atoms with Crippen molar-refractivity contribution in [2.75, 3.05) is 26.4 Å². The number of likely N-dealkylation sites (N-methyl/N-ethyl adjacent to an activating group) is 1. The fourth-order valence-corrected chi connectivity index (χ4v) is 1.31. The first-order chi connectivity index (χ1) is 5.61. The highest BCUT2D eigenvalue weighted by molar-refractivity contribution is 5.17. The van der Waals surface area contributed by atoms with E-state index in [2.05, 4.69) is 16.8 Å². The van der Waals surface area contributed by atoms with Crippen molar-refractivity contribution in [3.05, 3.63) is 12.4 Å². The van der Waals surface area contributed by atoms with Crippen molar-refractivity contribution >= 4 is 5.95 Å². The van der Waals surface area contributed by atoms with E-state index in [4.69, 9.17) is 5.73 Å². The van der Waals surface area contributed by atoms with Crippen LogP contribution in [-0.2, 0) is 0 Å². The van der Waals surface area contributed by atoms with E-state index in [9.17, 15) is 0 Å². The normalized spacial score (nSPS) is 13.7. The highest BCUT2D eigenvalue weighted by Gasteiger charge is 2.07. The van der Waals surface area contributed by atoms with Gasteiger partial charge in [0, 0.05) is 25.0 Å². The molecule has 12 heavy (non-hydrogen) atoms. The van der Waals surface area contributed by atoms with Crippen LogP contribution in [0.3, 0.4) is 0 Å². The Labute approximate surface area is 73.0 Å². The number of aromatic nitrogens is 2. The molecule has 0 aliphatic heterocycles. The Balaban J connectivity index is 2.65. The molecule has 1 unspecified atom stereocenters. The molecule has 1 aromatic rings. The zero-order chi connectivity index (χ0) is 9.14. The van der Waals surface area contributed by atoms with Crippen molar-refractivity contribution in [1.29, 1.82) is 0 Å². The van der Waals surface area contributed by atoms with Crippen LogP contribution in [0.15, 0.2) is 12.4 Å². The highest BCUT2D eigenvalue weighted by Crippen LogP contribution is 2.10. The van der Waals surface area contributed by atoms with Crippen molar-refractivity contribution in [2.45, 2.75) is 13.0 Å². The minimum atomic E-state index is 0.377. The third-order valence-electron chi connectivity index (χ3n) is 1.80. The number of hydrogen-bond acceptors (Lipinski definition) is 3. The van der Waals surface area contributed by atoms with Gasteiger partial charge in [0.1, 0.15) is 0 Å². The van der Waals surface area contributed by atoms with Crippen LogP contribution in [0.4, 0.5) is 5.95 Å². The quantitative estimate of drug-likeness (QED) is 0.718. The summed E-state index contributed by atoms with van der Waals surface area (Å²) in [5.74, 6) is 0.587. The first kappa shape index (κ1) is 9.06. The van der Waals surface area contributed by atoms with Crippen molar-refractivity contribution in [2.24, 2.45) is 0 Å². The van der Waals surface area contributed by atoms with Crippen LogP contribution in [0.25, 0.3) is 0 Å². The maximum atomic E-state index is 5.65. The first-order valence-electron chi connectivity index (χ1n) is 4.04. The van der Waals surface area contributed by atoms with E-state index in [1.54, 1.807) is 6.20 Å². The van der Waals surface area contributed by atoms with Crippen molar-refractivity contribution in [1.82, 2.24) is 14.5 Å². The lowest BCUT2D eigenvalue weighted by atomic mass is 10.3. The maximum Gasteiger partial charge on any atom is 0.200 e. The number of nitrogens with zero attached hydrogens (tertiary/aromatic N) is 3. The van der Waals surface area contributed by atoms with Gasteiger partial charge in [0.05, 0.1) is 0 Å². The largest absolute Gasteiger partial charge is 0.369 e. The predicted octanol–water partition coefficient (Wildman–Crippen LogP) is 0.588. The Morgan fingerprint density at radius 3 is 2.75 bits per heavy atom. The van der Waals surface area contributed by atoms with Gasteiger partial charge in [-0.1, -0.05) is 0 Å². The smallest absolute Gasteiger partial charge is 0.200 e. The van der Waals surface area contributed by atoms with Gasteiger partial charge in [-0.3, -0.25) is 0 Å². The molecule has 1 aromatic heterocycles. The first-order valence-corrected chi connectivity index (χ1v) is 4.04. The molecule has 0 amide bonds. The molecule has 68 valence electrons. The topological polar surface area (TPSA) is 47.1 Å². The van der Waals surface area contributed by atoms with Gasteiger partial charge in [-0.2, -0.15) is 0 Å². The SMILES string of the molecule is CC(CN(C)C)n1ccnc1N. The lowest BCUT2D eigenvalue weighted by Gasteiger charge is -2.18. The Bertz CT molecular complexity index is 241. The van der Waals surface area contributed by atoms with Crippen LogP contribution in [0.1, 0.15) is 13.0 Å². The van der Waals surface area contributed by atoms with E-state index < -0.39 is 0 Å². The maximum absolute atomic E-state index is 5.65. The lowest BCUT2D eigenvalue weighted by Crippen LogP contribution is -2.22.